The summed E-state index contributed by atoms with van der Waals surface area (Å²) in [6, 6.07) is 21.4. The summed E-state index contributed by atoms with van der Waals surface area (Å²) in [5.41, 5.74) is 3.22. The van der Waals surface area contributed by atoms with Crippen molar-refractivity contribution in [1.29, 1.82) is 0 Å². The number of hydrogen-bond donors (Lipinski definition) is 1. The fourth-order valence-electron chi connectivity index (χ4n) is 5.35. The molecule has 12 heteroatoms. The summed E-state index contributed by atoms with van der Waals surface area (Å²) in [6.45, 7) is 3.62. The molecule has 5 rings (SSSR count). The number of alkyl halides is 2. The molecule has 2 fully saturated rings. The van der Waals surface area contributed by atoms with Gasteiger partial charge < -0.3 is 24.4 Å². The topological polar surface area (TPSA) is 77.1 Å². The van der Waals surface area contributed by atoms with Gasteiger partial charge >= 0.3 is 12.6 Å². The standard InChI is InChI=1S/C38H38Cl2F2N2O5S/c1-3-30(39)29(31(40)4-2)21-33(26-15-16-32(49-38(41)42)34(20-26)47-23-24-13-14-24)48-37(46)36-44(17-18-50-36)35(45)27-10-8-9-25(19-27)22-43-28-11-6-5-7-12-28/h3-12,15-16,19-20,24,33,36,38,43H,1,13-14,17-18,21-23H2,2H3/b30-29+,31-4+/t33-,36-/m0/s1. The van der Waals surface area contributed by atoms with Gasteiger partial charge in [0.15, 0.2) is 16.9 Å². The maximum absolute atomic E-state index is 14.0. The van der Waals surface area contributed by atoms with Crippen molar-refractivity contribution in [2.45, 2.75) is 50.8 Å². The molecule has 1 saturated carbocycles. The summed E-state index contributed by atoms with van der Waals surface area (Å²) in [4.78, 5) is 29.3. The Morgan fingerprint density at radius 3 is 2.54 bits per heavy atom. The number of halogens is 4. The number of anilines is 1. The number of nitrogens with zero attached hydrogens (tertiary/aromatic N) is 1. The zero-order valence-electron chi connectivity index (χ0n) is 27.5. The average Bonchev–Trinajstić information content (AvgIpc) is 3.83. The van der Waals surface area contributed by atoms with Crippen LogP contribution in [-0.2, 0) is 16.1 Å². The second-order valence-corrected chi connectivity index (χ2v) is 13.8. The number of ether oxygens (including phenoxy) is 3. The summed E-state index contributed by atoms with van der Waals surface area (Å²) >= 11 is 14.4. The molecule has 1 N–H and O–H groups in total. The Labute approximate surface area is 305 Å². The van der Waals surface area contributed by atoms with E-state index in [-0.39, 0.29) is 28.9 Å². The molecular formula is C38H38Cl2F2N2O5S. The Bertz CT molecular complexity index is 1740. The first-order valence-corrected chi connectivity index (χ1v) is 18.0. The summed E-state index contributed by atoms with van der Waals surface area (Å²) in [7, 11) is 0. The maximum Gasteiger partial charge on any atom is 0.387 e. The quantitative estimate of drug-likeness (QED) is 0.116. The Hall–Kier alpha value is -3.99. The van der Waals surface area contributed by atoms with Gasteiger partial charge in [0.05, 0.1) is 6.61 Å². The third-order valence-electron chi connectivity index (χ3n) is 8.18. The van der Waals surface area contributed by atoms with Crippen LogP contribution in [0.25, 0.3) is 0 Å². The summed E-state index contributed by atoms with van der Waals surface area (Å²) < 4.78 is 43.3. The van der Waals surface area contributed by atoms with Crippen molar-refractivity contribution >= 4 is 52.5 Å². The van der Waals surface area contributed by atoms with E-state index in [1.165, 1.54) is 40.9 Å². The Balaban J connectivity index is 1.39. The van der Waals surface area contributed by atoms with E-state index in [9.17, 15) is 18.4 Å². The number of carbonyl (C=O) groups excluding carboxylic acids is 2. The molecule has 1 aliphatic carbocycles. The zero-order valence-corrected chi connectivity index (χ0v) is 29.8. The van der Waals surface area contributed by atoms with E-state index in [0.717, 1.165) is 24.1 Å². The van der Waals surface area contributed by atoms with Crippen molar-refractivity contribution in [2.24, 2.45) is 5.92 Å². The van der Waals surface area contributed by atoms with Crippen molar-refractivity contribution in [2.75, 3.05) is 24.2 Å². The van der Waals surface area contributed by atoms with Crippen LogP contribution in [0.15, 0.2) is 107 Å². The van der Waals surface area contributed by atoms with E-state index in [2.05, 4.69) is 11.9 Å². The molecule has 1 aliphatic heterocycles. The van der Waals surface area contributed by atoms with Crippen molar-refractivity contribution in [1.82, 2.24) is 4.90 Å². The van der Waals surface area contributed by atoms with Gasteiger partial charge in [-0.3, -0.25) is 4.79 Å². The van der Waals surface area contributed by atoms with Crippen LogP contribution in [-0.4, -0.2) is 47.7 Å². The minimum Gasteiger partial charge on any atom is -0.489 e. The second kappa shape index (κ2) is 17.8. The van der Waals surface area contributed by atoms with Gasteiger partial charge in [-0.25, -0.2) is 4.79 Å². The number of allylic oxidation sites excluding steroid dienone is 4. The number of benzene rings is 3. The van der Waals surface area contributed by atoms with Crippen molar-refractivity contribution in [3.05, 3.63) is 124 Å². The Kier molecular flexibility index (Phi) is 13.3. The molecule has 0 unspecified atom stereocenters. The zero-order chi connectivity index (χ0) is 35.6. The van der Waals surface area contributed by atoms with Crippen LogP contribution in [0.1, 0.15) is 53.8 Å². The third kappa shape index (κ3) is 10.0. The van der Waals surface area contributed by atoms with Crippen LogP contribution < -0.4 is 14.8 Å². The Morgan fingerprint density at radius 1 is 1.06 bits per heavy atom. The lowest BCUT2D eigenvalue weighted by Gasteiger charge is -2.27. The molecule has 0 radical (unpaired) electrons. The molecule has 3 aromatic rings. The highest BCUT2D eigenvalue weighted by Gasteiger charge is 2.38. The lowest BCUT2D eigenvalue weighted by atomic mass is 9.99. The highest BCUT2D eigenvalue weighted by molar-refractivity contribution is 8.00. The van der Waals surface area contributed by atoms with Crippen LogP contribution in [0.2, 0.25) is 0 Å². The first-order valence-electron chi connectivity index (χ1n) is 16.2. The van der Waals surface area contributed by atoms with Crippen LogP contribution in [0.4, 0.5) is 14.5 Å². The van der Waals surface area contributed by atoms with Crippen molar-refractivity contribution in [3.63, 3.8) is 0 Å². The molecule has 1 heterocycles. The van der Waals surface area contributed by atoms with Gasteiger partial charge in [-0.15, -0.1) is 11.8 Å². The van der Waals surface area contributed by atoms with Crippen molar-refractivity contribution < 1.29 is 32.6 Å². The van der Waals surface area contributed by atoms with Gasteiger partial charge in [0.1, 0.15) is 6.10 Å². The van der Waals surface area contributed by atoms with Gasteiger partial charge in [0.25, 0.3) is 5.91 Å². The summed E-state index contributed by atoms with van der Waals surface area (Å²) in [6.07, 6.45) is 4.10. The molecule has 0 aromatic heterocycles. The van der Waals surface area contributed by atoms with Gasteiger partial charge in [-0.05, 0) is 78.8 Å². The van der Waals surface area contributed by atoms with E-state index in [4.69, 9.17) is 37.4 Å². The minimum atomic E-state index is -3.06. The molecule has 0 bridgehead atoms. The highest BCUT2D eigenvalue weighted by Crippen LogP contribution is 2.40. The van der Waals surface area contributed by atoms with Crippen molar-refractivity contribution in [3.8, 4) is 11.5 Å². The number of para-hydroxylation sites is 1. The van der Waals surface area contributed by atoms with E-state index < -0.39 is 24.1 Å². The molecule has 3 aromatic carbocycles. The molecular weight excluding hydrogens is 705 g/mol. The van der Waals surface area contributed by atoms with Crippen LogP contribution >= 0.6 is 35.0 Å². The van der Waals surface area contributed by atoms with Crippen LogP contribution in [0.5, 0.6) is 11.5 Å². The maximum atomic E-state index is 14.0. The number of esters is 1. The van der Waals surface area contributed by atoms with E-state index in [0.29, 0.717) is 53.1 Å². The summed E-state index contributed by atoms with van der Waals surface area (Å²) in [5.74, 6) is -0.113. The third-order valence-corrected chi connectivity index (χ3v) is 10.2. The predicted octanol–water partition coefficient (Wildman–Crippen LogP) is 9.70. The number of thioether (sulfide) groups is 1. The molecule has 2 aliphatic rings. The van der Waals surface area contributed by atoms with E-state index >= 15 is 0 Å². The SMILES string of the molecule is C=C/C(Cl)=C(C[C@H](OC(=O)[C@@H]1SCCN1C(=O)c1cccc(CNc2ccccc2)c1)c1ccc(OC(F)F)c(OCC2CC2)c1)\C(Cl)=C/C. The molecule has 264 valence electrons. The lowest BCUT2D eigenvalue weighted by molar-refractivity contribution is -0.151. The fourth-order valence-corrected chi connectivity index (χ4v) is 6.86. The largest absolute Gasteiger partial charge is 0.489 e. The van der Waals surface area contributed by atoms with Gasteiger partial charge in [0.2, 0.25) is 0 Å². The number of hydrogen-bond acceptors (Lipinski definition) is 7. The lowest BCUT2D eigenvalue weighted by Crippen LogP contribution is -2.40. The highest BCUT2D eigenvalue weighted by atomic mass is 35.5. The number of nitrogens with one attached hydrogen (secondary N) is 1. The smallest absolute Gasteiger partial charge is 0.387 e. The fraction of sp³-hybridized carbons (Fsp3) is 0.316. The monoisotopic (exact) mass is 742 g/mol. The Morgan fingerprint density at radius 2 is 1.84 bits per heavy atom. The molecule has 7 nitrogen and oxygen atoms in total. The number of carbonyl (C=O) groups is 2. The minimum absolute atomic E-state index is 0.0265. The number of rotatable bonds is 16. The average molecular weight is 744 g/mol. The van der Waals surface area contributed by atoms with Crippen LogP contribution in [0.3, 0.4) is 0 Å². The predicted molar refractivity (Wildman–Crippen MR) is 195 cm³/mol. The molecule has 2 atom stereocenters. The number of amides is 1. The first-order chi connectivity index (χ1) is 24.2. The molecule has 50 heavy (non-hydrogen) atoms. The first kappa shape index (κ1) is 37.3. The van der Waals surface area contributed by atoms with Crippen LogP contribution in [0, 0.1) is 5.92 Å². The van der Waals surface area contributed by atoms with Gasteiger partial charge in [-0.1, -0.05) is 78.3 Å². The van der Waals surface area contributed by atoms with E-state index in [1.54, 1.807) is 19.1 Å². The molecule has 0 spiro atoms. The van der Waals surface area contributed by atoms with Gasteiger partial charge in [-0.2, -0.15) is 8.78 Å². The summed E-state index contributed by atoms with van der Waals surface area (Å²) in [5, 5.41) is 3.00. The van der Waals surface area contributed by atoms with E-state index in [1.807, 2.05) is 48.5 Å². The normalized spacial score (nSPS) is 17.2. The molecule has 1 amide bonds. The second-order valence-electron chi connectivity index (χ2n) is 11.8. The van der Waals surface area contributed by atoms with Gasteiger partial charge in [0, 0.05) is 46.6 Å². The molecule has 1 saturated heterocycles.